The van der Waals surface area contributed by atoms with Gasteiger partial charge in [0.05, 0.1) is 0 Å². The van der Waals surface area contributed by atoms with Crippen LogP contribution < -0.4 is 10.2 Å². The molecule has 2 fully saturated rings. The first-order valence-electron chi connectivity index (χ1n) is 6.94. The number of nitrogens with one attached hydrogen (secondary N) is 2. The highest BCUT2D eigenvalue weighted by Crippen LogP contribution is 2.32. The van der Waals surface area contributed by atoms with Crippen LogP contribution in [-0.4, -0.2) is 36.4 Å². The minimum Gasteiger partial charge on any atom is -0.353 e. The summed E-state index contributed by atoms with van der Waals surface area (Å²) in [5, 5.41) is 11.1. The van der Waals surface area contributed by atoms with Crippen molar-refractivity contribution in [1.82, 2.24) is 15.5 Å². The molecule has 0 atom stereocenters. The van der Waals surface area contributed by atoms with E-state index in [-0.39, 0.29) is 0 Å². The number of aromatic nitrogens is 2. The lowest BCUT2D eigenvalue weighted by molar-refractivity contribution is 0.436. The van der Waals surface area contributed by atoms with Gasteiger partial charge in [-0.2, -0.15) is 5.10 Å². The van der Waals surface area contributed by atoms with Gasteiger partial charge in [0.15, 0.2) is 5.82 Å². The molecule has 0 amide bonds. The summed E-state index contributed by atoms with van der Waals surface area (Å²) in [6.07, 6.45) is 6.85. The van der Waals surface area contributed by atoms with E-state index in [1.807, 2.05) is 0 Å². The van der Waals surface area contributed by atoms with Crippen molar-refractivity contribution in [2.45, 2.75) is 38.0 Å². The highest BCUT2D eigenvalue weighted by Gasteiger charge is 2.19. The number of hydrogen-bond donors (Lipinski definition) is 2. The lowest BCUT2D eigenvalue weighted by Gasteiger charge is -2.27. The van der Waals surface area contributed by atoms with Gasteiger partial charge < -0.3 is 10.2 Å². The van der Waals surface area contributed by atoms with Gasteiger partial charge in [-0.3, -0.25) is 5.10 Å². The first-order chi connectivity index (χ1) is 8.43. The molecule has 2 heterocycles. The summed E-state index contributed by atoms with van der Waals surface area (Å²) in [6.45, 7) is 4.31. The summed E-state index contributed by atoms with van der Waals surface area (Å²) in [7, 11) is 0. The van der Waals surface area contributed by atoms with E-state index in [2.05, 4.69) is 26.5 Å². The SMILES string of the molecule is c1c(N2CCNCC2)n[nH]c1C1CCCCC1. The molecule has 2 N–H and O–H groups in total. The molecule has 1 aromatic rings. The van der Waals surface area contributed by atoms with Crippen LogP contribution in [0.15, 0.2) is 6.07 Å². The average molecular weight is 234 g/mol. The maximum Gasteiger partial charge on any atom is 0.150 e. The Labute approximate surface area is 103 Å². The first-order valence-corrected chi connectivity index (χ1v) is 6.94. The van der Waals surface area contributed by atoms with E-state index in [4.69, 9.17) is 0 Å². The largest absolute Gasteiger partial charge is 0.353 e. The summed E-state index contributed by atoms with van der Waals surface area (Å²) < 4.78 is 0. The topological polar surface area (TPSA) is 44.0 Å². The van der Waals surface area contributed by atoms with Gasteiger partial charge in [-0.1, -0.05) is 19.3 Å². The number of aromatic amines is 1. The highest BCUT2D eigenvalue weighted by atomic mass is 15.3. The molecule has 1 saturated heterocycles. The zero-order chi connectivity index (χ0) is 11.5. The Balaban J connectivity index is 1.68. The monoisotopic (exact) mass is 234 g/mol. The second-order valence-corrected chi connectivity index (χ2v) is 5.25. The molecule has 1 aliphatic carbocycles. The maximum absolute atomic E-state index is 4.49. The number of hydrogen-bond acceptors (Lipinski definition) is 3. The lowest BCUT2D eigenvalue weighted by atomic mass is 9.87. The Hall–Kier alpha value is -1.03. The van der Waals surface area contributed by atoms with E-state index in [0.717, 1.165) is 37.9 Å². The van der Waals surface area contributed by atoms with Gasteiger partial charge in [0, 0.05) is 43.9 Å². The predicted molar refractivity (Wildman–Crippen MR) is 69.5 cm³/mol. The van der Waals surface area contributed by atoms with Crippen LogP contribution in [-0.2, 0) is 0 Å². The zero-order valence-electron chi connectivity index (χ0n) is 10.4. The highest BCUT2D eigenvalue weighted by molar-refractivity contribution is 5.40. The van der Waals surface area contributed by atoms with Crippen LogP contribution >= 0.6 is 0 Å². The third-order valence-corrected chi connectivity index (χ3v) is 4.07. The van der Waals surface area contributed by atoms with Crippen molar-refractivity contribution >= 4 is 5.82 Å². The standard InChI is InChI=1S/C13H22N4/c1-2-4-11(5-3-1)12-10-13(16-15-12)17-8-6-14-7-9-17/h10-11,14H,1-9H2,(H,15,16). The molecule has 0 radical (unpaired) electrons. The van der Waals surface area contributed by atoms with Crippen molar-refractivity contribution in [2.24, 2.45) is 0 Å². The molecular formula is C13H22N4. The number of H-pyrrole nitrogens is 1. The Kier molecular flexibility index (Phi) is 3.31. The molecule has 17 heavy (non-hydrogen) atoms. The fourth-order valence-electron chi connectivity index (χ4n) is 3.00. The summed E-state index contributed by atoms with van der Waals surface area (Å²) >= 11 is 0. The molecule has 0 unspecified atom stereocenters. The van der Waals surface area contributed by atoms with Crippen LogP contribution in [0.25, 0.3) is 0 Å². The Morgan fingerprint density at radius 3 is 2.65 bits per heavy atom. The summed E-state index contributed by atoms with van der Waals surface area (Å²) in [6, 6.07) is 2.28. The minimum absolute atomic E-state index is 0.730. The van der Waals surface area contributed by atoms with Crippen LogP contribution in [0, 0.1) is 0 Å². The maximum atomic E-state index is 4.49. The van der Waals surface area contributed by atoms with Crippen LogP contribution in [0.1, 0.15) is 43.7 Å². The molecular weight excluding hydrogens is 212 g/mol. The normalized spacial score (nSPS) is 22.9. The van der Waals surface area contributed by atoms with Gasteiger partial charge in [0.25, 0.3) is 0 Å². The molecule has 1 saturated carbocycles. The molecule has 4 nitrogen and oxygen atoms in total. The summed E-state index contributed by atoms with van der Waals surface area (Å²) in [5.41, 5.74) is 1.36. The van der Waals surface area contributed by atoms with Gasteiger partial charge in [-0.15, -0.1) is 0 Å². The smallest absolute Gasteiger partial charge is 0.150 e. The number of rotatable bonds is 2. The van der Waals surface area contributed by atoms with Crippen LogP contribution in [0.2, 0.25) is 0 Å². The fraction of sp³-hybridized carbons (Fsp3) is 0.769. The number of piperazine rings is 1. The van der Waals surface area contributed by atoms with Gasteiger partial charge >= 0.3 is 0 Å². The molecule has 0 spiro atoms. The van der Waals surface area contributed by atoms with Crippen molar-refractivity contribution in [1.29, 1.82) is 0 Å². The summed E-state index contributed by atoms with van der Waals surface area (Å²) in [4.78, 5) is 2.37. The van der Waals surface area contributed by atoms with E-state index in [1.54, 1.807) is 0 Å². The first kappa shape index (κ1) is 11.1. The molecule has 94 valence electrons. The van der Waals surface area contributed by atoms with E-state index < -0.39 is 0 Å². The fourth-order valence-corrected chi connectivity index (χ4v) is 3.00. The third-order valence-electron chi connectivity index (χ3n) is 4.07. The van der Waals surface area contributed by atoms with Gasteiger partial charge in [-0.25, -0.2) is 0 Å². The van der Waals surface area contributed by atoms with E-state index in [0.29, 0.717) is 0 Å². The van der Waals surface area contributed by atoms with Crippen LogP contribution in [0.4, 0.5) is 5.82 Å². The van der Waals surface area contributed by atoms with Crippen molar-refractivity contribution in [3.8, 4) is 0 Å². The second kappa shape index (κ2) is 5.08. The van der Waals surface area contributed by atoms with Gasteiger partial charge in [0.2, 0.25) is 0 Å². The van der Waals surface area contributed by atoms with Gasteiger partial charge in [-0.05, 0) is 12.8 Å². The van der Waals surface area contributed by atoms with E-state index in [9.17, 15) is 0 Å². The average Bonchev–Trinajstić information content (AvgIpc) is 2.90. The van der Waals surface area contributed by atoms with E-state index in [1.165, 1.54) is 37.8 Å². The van der Waals surface area contributed by atoms with Gasteiger partial charge in [0.1, 0.15) is 0 Å². The minimum atomic E-state index is 0.730. The Morgan fingerprint density at radius 1 is 1.12 bits per heavy atom. The van der Waals surface area contributed by atoms with Crippen molar-refractivity contribution in [3.63, 3.8) is 0 Å². The van der Waals surface area contributed by atoms with Crippen molar-refractivity contribution in [2.75, 3.05) is 31.1 Å². The van der Waals surface area contributed by atoms with E-state index >= 15 is 0 Å². The number of anilines is 1. The molecule has 0 aromatic carbocycles. The third kappa shape index (κ3) is 2.46. The van der Waals surface area contributed by atoms with Crippen LogP contribution in [0.3, 0.4) is 0 Å². The molecule has 0 bridgehead atoms. The Bertz CT molecular complexity index is 316. The molecule has 1 aliphatic heterocycles. The zero-order valence-corrected chi connectivity index (χ0v) is 10.4. The molecule has 2 aliphatic rings. The lowest BCUT2D eigenvalue weighted by Crippen LogP contribution is -2.43. The van der Waals surface area contributed by atoms with Crippen molar-refractivity contribution in [3.05, 3.63) is 11.8 Å². The van der Waals surface area contributed by atoms with Crippen LogP contribution in [0.5, 0.6) is 0 Å². The predicted octanol–water partition coefficient (Wildman–Crippen LogP) is 1.87. The molecule has 1 aromatic heterocycles. The number of nitrogens with zero attached hydrogens (tertiary/aromatic N) is 2. The molecule has 4 heteroatoms. The Morgan fingerprint density at radius 2 is 1.88 bits per heavy atom. The van der Waals surface area contributed by atoms with Crippen molar-refractivity contribution < 1.29 is 0 Å². The quantitative estimate of drug-likeness (QED) is 0.821. The molecule has 3 rings (SSSR count). The second-order valence-electron chi connectivity index (χ2n) is 5.25. The summed E-state index contributed by atoms with van der Waals surface area (Å²) in [5.74, 6) is 1.87.